The number of benzene rings is 2. The van der Waals surface area contributed by atoms with Gasteiger partial charge in [-0.05, 0) is 36.4 Å². The van der Waals surface area contributed by atoms with Crippen LogP contribution in [0.5, 0.6) is 0 Å². The Kier molecular flexibility index (Phi) is 4.65. The third kappa shape index (κ3) is 3.56. The summed E-state index contributed by atoms with van der Waals surface area (Å²) < 4.78 is 21.6. The molecule has 1 aromatic heterocycles. The third-order valence-corrected chi connectivity index (χ3v) is 5.24. The Bertz CT molecular complexity index is 1020. The van der Waals surface area contributed by atoms with E-state index in [0.29, 0.717) is 11.3 Å². The normalized spacial score (nSPS) is 18.6. The summed E-state index contributed by atoms with van der Waals surface area (Å²) >= 11 is 0. The second-order valence-corrected chi connectivity index (χ2v) is 7.08. The largest absolute Gasteiger partial charge is 0.378 e. The van der Waals surface area contributed by atoms with E-state index in [4.69, 9.17) is 4.74 Å². The molecule has 0 radical (unpaired) electrons. The predicted octanol–water partition coefficient (Wildman–Crippen LogP) is 3.53. The number of imidazole rings is 1. The minimum atomic E-state index is -0.279. The minimum absolute atomic E-state index is 0.261. The van der Waals surface area contributed by atoms with Gasteiger partial charge in [-0.15, -0.1) is 0 Å². The SMILES string of the molecule is Fc1ccccc1C1=Cn2ccnc2C(Nc2ccc(N3CCOCC3)cc2)N1. The van der Waals surface area contributed by atoms with Crippen LogP contribution in [-0.2, 0) is 4.74 Å². The zero-order chi connectivity index (χ0) is 19.6. The van der Waals surface area contributed by atoms with E-state index in [2.05, 4.69) is 44.8 Å². The lowest BCUT2D eigenvalue weighted by Crippen LogP contribution is -2.36. The topological polar surface area (TPSA) is 54.4 Å². The highest BCUT2D eigenvalue weighted by atomic mass is 19.1. The summed E-state index contributed by atoms with van der Waals surface area (Å²) in [5.41, 5.74) is 3.38. The number of rotatable bonds is 4. The van der Waals surface area contributed by atoms with Crippen LogP contribution in [-0.4, -0.2) is 35.9 Å². The molecule has 7 heteroatoms. The Labute approximate surface area is 168 Å². The second-order valence-electron chi connectivity index (χ2n) is 7.08. The van der Waals surface area contributed by atoms with E-state index in [-0.39, 0.29) is 12.0 Å². The number of nitrogens with zero attached hydrogens (tertiary/aromatic N) is 3. The maximum absolute atomic E-state index is 14.3. The Morgan fingerprint density at radius 1 is 1.07 bits per heavy atom. The summed E-state index contributed by atoms with van der Waals surface area (Å²) in [6.45, 7) is 3.34. The van der Waals surface area contributed by atoms with Crippen molar-refractivity contribution in [3.05, 3.63) is 78.1 Å². The number of anilines is 2. The van der Waals surface area contributed by atoms with Crippen LogP contribution in [0.2, 0.25) is 0 Å². The van der Waals surface area contributed by atoms with Crippen molar-refractivity contribution < 1.29 is 9.13 Å². The first-order chi connectivity index (χ1) is 14.3. The molecule has 5 rings (SSSR count). The highest BCUT2D eigenvalue weighted by molar-refractivity contribution is 5.76. The van der Waals surface area contributed by atoms with Gasteiger partial charge in [0.25, 0.3) is 0 Å². The van der Waals surface area contributed by atoms with E-state index in [1.807, 2.05) is 23.0 Å². The first-order valence-corrected chi connectivity index (χ1v) is 9.73. The molecule has 0 saturated carbocycles. The summed E-state index contributed by atoms with van der Waals surface area (Å²) in [5.74, 6) is 0.561. The van der Waals surface area contributed by atoms with Crippen molar-refractivity contribution in [3.63, 3.8) is 0 Å². The van der Waals surface area contributed by atoms with Crippen molar-refractivity contribution in [1.29, 1.82) is 0 Å². The predicted molar refractivity (Wildman–Crippen MR) is 112 cm³/mol. The van der Waals surface area contributed by atoms with Crippen LogP contribution < -0.4 is 15.5 Å². The van der Waals surface area contributed by atoms with Gasteiger partial charge in [0, 0.05) is 48.6 Å². The van der Waals surface area contributed by atoms with Crippen molar-refractivity contribution in [2.75, 3.05) is 36.5 Å². The van der Waals surface area contributed by atoms with Crippen LogP contribution in [0.3, 0.4) is 0 Å². The van der Waals surface area contributed by atoms with Crippen LogP contribution >= 0.6 is 0 Å². The maximum Gasteiger partial charge on any atom is 0.157 e. The standard InChI is InChI=1S/C22H22FN5O/c23-19-4-2-1-3-18(19)20-15-28-10-9-24-22(28)21(26-20)25-16-5-7-17(8-6-16)27-11-13-29-14-12-27/h1-10,15,21,25-26H,11-14H2. The molecule has 2 aromatic carbocycles. The van der Waals surface area contributed by atoms with E-state index in [0.717, 1.165) is 37.8 Å². The molecule has 148 valence electrons. The van der Waals surface area contributed by atoms with Crippen LogP contribution in [0.4, 0.5) is 15.8 Å². The number of aromatic nitrogens is 2. The third-order valence-electron chi connectivity index (χ3n) is 5.24. The van der Waals surface area contributed by atoms with Gasteiger partial charge < -0.3 is 24.8 Å². The monoisotopic (exact) mass is 391 g/mol. The second kappa shape index (κ2) is 7.60. The van der Waals surface area contributed by atoms with Gasteiger partial charge in [-0.2, -0.15) is 0 Å². The first kappa shape index (κ1) is 17.8. The Hall–Kier alpha value is -3.32. The molecule has 6 nitrogen and oxygen atoms in total. The molecule has 0 amide bonds. The Morgan fingerprint density at radius 3 is 2.66 bits per heavy atom. The van der Waals surface area contributed by atoms with Gasteiger partial charge in [-0.1, -0.05) is 12.1 Å². The molecule has 2 N–H and O–H groups in total. The number of nitrogens with one attached hydrogen (secondary N) is 2. The lowest BCUT2D eigenvalue weighted by molar-refractivity contribution is 0.122. The molecule has 1 fully saturated rings. The number of fused-ring (bicyclic) bond motifs is 1. The summed E-state index contributed by atoms with van der Waals surface area (Å²) in [6, 6.07) is 15.1. The van der Waals surface area contributed by atoms with Crippen molar-refractivity contribution in [2.24, 2.45) is 0 Å². The van der Waals surface area contributed by atoms with Crippen LogP contribution in [0.15, 0.2) is 60.9 Å². The zero-order valence-corrected chi connectivity index (χ0v) is 15.9. The fraction of sp³-hybridized carbons (Fsp3) is 0.227. The summed E-state index contributed by atoms with van der Waals surface area (Å²) in [7, 11) is 0. The van der Waals surface area contributed by atoms with Crippen molar-refractivity contribution in [2.45, 2.75) is 6.17 Å². The smallest absolute Gasteiger partial charge is 0.157 e. The van der Waals surface area contributed by atoms with Crippen molar-refractivity contribution in [1.82, 2.24) is 14.9 Å². The van der Waals surface area contributed by atoms with Gasteiger partial charge in [0.1, 0.15) is 5.82 Å². The van der Waals surface area contributed by atoms with Crippen LogP contribution in [0, 0.1) is 5.82 Å². The molecule has 0 aliphatic carbocycles. The summed E-state index contributed by atoms with van der Waals surface area (Å²) in [5, 5.41) is 6.85. The lowest BCUT2D eigenvalue weighted by Gasteiger charge is -2.30. The zero-order valence-electron chi connectivity index (χ0n) is 15.9. The van der Waals surface area contributed by atoms with Gasteiger partial charge in [-0.3, -0.25) is 0 Å². The number of hydrogen-bond donors (Lipinski definition) is 2. The molecule has 0 spiro atoms. The lowest BCUT2D eigenvalue weighted by atomic mass is 10.1. The molecule has 3 heterocycles. The highest BCUT2D eigenvalue weighted by Gasteiger charge is 2.24. The van der Waals surface area contributed by atoms with Gasteiger partial charge in [0.15, 0.2) is 12.0 Å². The quantitative estimate of drug-likeness (QED) is 0.713. The molecule has 29 heavy (non-hydrogen) atoms. The number of ether oxygens (including phenoxy) is 1. The van der Waals surface area contributed by atoms with Gasteiger partial charge in [-0.25, -0.2) is 9.37 Å². The first-order valence-electron chi connectivity index (χ1n) is 9.73. The van der Waals surface area contributed by atoms with Crippen molar-refractivity contribution >= 4 is 23.3 Å². The molecule has 1 atom stereocenters. The molecule has 3 aromatic rings. The van der Waals surface area contributed by atoms with E-state index in [9.17, 15) is 4.39 Å². The van der Waals surface area contributed by atoms with E-state index < -0.39 is 0 Å². The number of halogens is 1. The van der Waals surface area contributed by atoms with Gasteiger partial charge >= 0.3 is 0 Å². The number of hydrogen-bond acceptors (Lipinski definition) is 5. The molecular formula is C22H22FN5O. The molecular weight excluding hydrogens is 369 g/mol. The maximum atomic E-state index is 14.3. The molecule has 1 unspecified atom stereocenters. The van der Waals surface area contributed by atoms with E-state index in [1.54, 1.807) is 18.3 Å². The molecule has 2 aliphatic rings. The van der Waals surface area contributed by atoms with Gasteiger partial charge in [0.05, 0.1) is 18.9 Å². The fourth-order valence-corrected chi connectivity index (χ4v) is 3.74. The Balaban J connectivity index is 1.37. The number of morpholine rings is 1. The van der Waals surface area contributed by atoms with Crippen molar-refractivity contribution in [3.8, 4) is 0 Å². The Morgan fingerprint density at radius 2 is 1.86 bits per heavy atom. The fourth-order valence-electron chi connectivity index (χ4n) is 3.74. The van der Waals surface area contributed by atoms with E-state index >= 15 is 0 Å². The summed E-state index contributed by atoms with van der Waals surface area (Å²) in [6.07, 6.45) is 5.20. The summed E-state index contributed by atoms with van der Waals surface area (Å²) in [4.78, 5) is 6.77. The molecule has 0 bridgehead atoms. The van der Waals surface area contributed by atoms with Gasteiger partial charge in [0.2, 0.25) is 0 Å². The highest BCUT2D eigenvalue weighted by Crippen LogP contribution is 2.28. The molecule has 1 saturated heterocycles. The van der Waals surface area contributed by atoms with Crippen LogP contribution in [0.25, 0.3) is 11.9 Å². The average molecular weight is 391 g/mol. The van der Waals surface area contributed by atoms with E-state index in [1.165, 1.54) is 11.8 Å². The minimum Gasteiger partial charge on any atom is -0.378 e. The average Bonchev–Trinajstić information content (AvgIpc) is 3.24. The van der Waals surface area contributed by atoms with Crippen LogP contribution in [0.1, 0.15) is 17.6 Å². The molecule has 2 aliphatic heterocycles.